The number of fused-ring (bicyclic) bond motifs is 3. The first-order valence-corrected chi connectivity index (χ1v) is 9.14. The Labute approximate surface area is 166 Å². The van der Waals surface area contributed by atoms with Crippen LogP contribution in [0.2, 0.25) is 0 Å². The van der Waals surface area contributed by atoms with Gasteiger partial charge in [0.15, 0.2) is 29.2 Å². The number of rotatable bonds is 2. The van der Waals surface area contributed by atoms with Gasteiger partial charge in [0.2, 0.25) is 0 Å². The smallest absolute Gasteiger partial charge is 0.341 e. The summed E-state index contributed by atoms with van der Waals surface area (Å²) in [5.74, 6) is -4.43. The lowest BCUT2D eigenvalue weighted by Crippen LogP contribution is -2.63. The fourth-order valence-corrected chi connectivity index (χ4v) is 4.84. The van der Waals surface area contributed by atoms with Gasteiger partial charge in [0.05, 0.1) is 12.0 Å². The lowest BCUT2D eigenvalue weighted by molar-refractivity contribution is -0.197. The molecule has 0 aromatic rings. The van der Waals surface area contributed by atoms with Crippen molar-refractivity contribution >= 4 is 23.7 Å². The largest absolute Gasteiger partial charge is 0.459 e. The van der Waals surface area contributed by atoms with Crippen molar-refractivity contribution < 1.29 is 48.7 Å². The molecule has 0 radical (unpaired) electrons. The number of aliphatic hydroxyl groups is 3. The second kappa shape index (κ2) is 6.35. The molecule has 0 unspecified atom stereocenters. The Morgan fingerprint density at radius 1 is 1.14 bits per heavy atom. The summed E-state index contributed by atoms with van der Waals surface area (Å²) in [5, 5.41) is 32.8. The molecule has 2 aliphatic carbocycles. The minimum atomic E-state index is -2.53. The van der Waals surface area contributed by atoms with E-state index in [4.69, 9.17) is 14.2 Å². The molecule has 0 aromatic carbocycles. The van der Waals surface area contributed by atoms with Crippen LogP contribution in [0.1, 0.15) is 41.0 Å². The Balaban J connectivity index is 2.28. The number of ether oxygens (including phenoxy) is 3. The molecular weight excluding hydrogens is 388 g/mol. The van der Waals surface area contributed by atoms with Crippen molar-refractivity contribution in [1.82, 2.24) is 0 Å². The van der Waals surface area contributed by atoms with Gasteiger partial charge in [-0.05, 0) is 31.9 Å². The molecule has 0 amide bonds. The van der Waals surface area contributed by atoms with Gasteiger partial charge in [-0.15, -0.1) is 0 Å². The Morgan fingerprint density at radius 3 is 2.24 bits per heavy atom. The highest BCUT2D eigenvalue weighted by atomic mass is 16.6. The number of ketones is 1. The van der Waals surface area contributed by atoms with Crippen LogP contribution < -0.4 is 0 Å². The second-order valence-corrected chi connectivity index (χ2v) is 8.26. The zero-order chi connectivity index (χ0) is 22.1. The number of Topliss-reactive ketones (excluding diaryl/α,β-unsaturated/α-hetero) is 1. The van der Waals surface area contributed by atoms with E-state index in [1.807, 2.05) is 0 Å². The summed E-state index contributed by atoms with van der Waals surface area (Å²) in [7, 11) is 0. The molecule has 3 rings (SSSR count). The average molecular weight is 412 g/mol. The van der Waals surface area contributed by atoms with Crippen LogP contribution in [0.5, 0.6) is 0 Å². The fraction of sp³-hybridized carbons (Fsp3) is 0.684. The molecule has 1 saturated heterocycles. The summed E-state index contributed by atoms with van der Waals surface area (Å²) in [6, 6.07) is 0. The summed E-state index contributed by atoms with van der Waals surface area (Å²) < 4.78 is 15.9. The number of hydrogen-bond acceptors (Lipinski definition) is 10. The molecule has 0 bridgehead atoms. The monoisotopic (exact) mass is 412 g/mol. The standard InChI is InChI=1S/C19H24O10/c1-7-11-12(14(13(7)23)27-8(2)20)17(4,29-9(3)21)6-10(22)19(26)15(11)28-16(24)18(19,5)25/h10,12,14-15,22,25-26H,6H2,1-5H3/t10-,12+,14-,15-,17-,18+,19+/m0/s1. The van der Waals surface area contributed by atoms with Crippen LogP contribution in [-0.4, -0.2) is 74.1 Å². The van der Waals surface area contributed by atoms with Gasteiger partial charge in [-0.2, -0.15) is 0 Å². The molecule has 1 heterocycles. The maximum Gasteiger partial charge on any atom is 0.341 e. The molecule has 1 aliphatic heterocycles. The van der Waals surface area contributed by atoms with Gasteiger partial charge in [-0.3, -0.25) is 14.4 Å². The van der Waals surface area contributed by atoms with E-state index in [1.165, 1.54) is 13.8 Å². The highest BCUT2D eigenvalue weighted by Gasteiger charge is 2.74. The maximum absolute atomic E-state index is 12.9. The highest BCUT2D eigenvalue weighted by Crippen LogP contribution is 2.55. The second-order valence-electron chi connectivity index (χ2n) is 8.26. The molecule has 7 atom stereocenters. The van der Waals surface area contributed by atoms with Crippen LogP contribution in [-0.2, 0) is 33.4 Å². The Kier molecular flexibility index (Phi) is 4.69. The van der Waals surface area contributed by atoms with Crippen molar-refractivity contribution in [2.24, 2.45) is 5.92 Å². The van der Waals surface area contributed by atoms with Crippen molar-refractivity contribution in [3.05, 3.63) is 11.1 Å². The summed E-state index contributed by atoms with van der Waals surface area (Å²) in [5.41, 5.74) is -6.57. The lowest BCUT2D eigenvalue weighted by atomic mass is 9.75. The SMILES string of the molecule is CC(=O)O[C@@H]1C(=O)C(C)=C2[C@H]1[C@@](C)(OC(C)=O)C[C@H](O)[C@@]1(O)[C@H]2OC(=O)[C@@]1(C)O. The number of carbonyl (C=O) groups is 4. The zero-order valence-corrected chi connectivity index (χ0v) is 16.7. The summed E-state index contributed by atoms with van der Waals surface area (Å²) in [4.78, 5) is 48.6. The first kappa shape index (κ1) is 21.4. The Morgan fingerprint density at radius 2 is 1.72 bits per heavy atom. The molecule has 10 nitrogen and oxygen atoms in total. The van der Waals surface area contributed by atoms with E-state index >= 15 is 0 Å². The normalized spacial score (nSPS) is 44.0. The van der Waals surface area contributed by atoms with E-state index in [9.17, 15) is 34.5 Å². The molecule has 29 heavy (non-hydrogen) atoms. The molecule has 0 aromatic heterocycles. The van der Waals surface area contributed by atoms with Gasteiger partial charge in [-0.1, -0.05) is 0 Å². The van der Waals surface area contributed by atoms with Gasteiger partial charge in [0.1, 0.15) is 5.60 Å². The average Bonchev–Trinajstić information content (AvgIpc) is 2.88. The van der Waals surface area contributed by atoms with E-state index in [1.54, 1.807) is 0 Å². The number of hydrogen-bond donors (Lipinski definition) is 3. The van der Waals surface area contributed by atoms with Crippen LogP contribution in [0.25, 0.3) is 0 Å². The Hall–Kier alpha value is -2.30. The third-order valence-electron chi connectivity index (χ3n) is 6.22. The van der Waals surface area contributed by atoms with Crippen LogP contribution >= 0.6 is 0 Å². The third-order valence-corrected chi connectivity index (χ3v) is 6.22. The van der Waals surface area contributed by atoms with Gasteiger partial charge in [-0.25, -0.2) is 4.79 Å². The number of carbonyl (C=O) groups excluding carboxylic acids is 4. The van der Waals surface area contributed by atoms with Gasteiger partial charge in [0, 0.05) is 20.3 Å². The first-order valence-electron chi connectivity index (χ1n) is 9.14. The van der Waals surface area contributed by atoms with E-state index in [0.717, 1.165) is 20.8 Å². The van der Waals surface area contributed by atoms with Gasteiger partial charge in [0.25, 0.3) is 0 Å². The van der Waals surface area contributed by atoms with Crippen LogP contribution in [0.3, 0.4) is 0 Å². The molecule has 10 heteroatoms. The number of esters is 3. The van der Waals surface area contributed by atoms with Gasteiger partial charge < -0.3 is 29.5 Å². The summed E-state index contributed by atoms with van der Waals surface area (Å²) >= 11 is 0. The van der Waals surface area contributed by atoms with Gasteiger partial charge >= 0.3 is 17.9 Å². The third kappa shape index (κ3) is 2.73. The molecular formula is C19H24O10. The first-order chi connectivity index (χ1) is 13.2. The van der Waals surface area contributed by atoms with Crippen molar-refractivity contribution in [3.8, 4) is 0 Å². The quantitative estimate of drug-likeness (QED) is 0.377. The molecule has 3 aliphatic rings. The summed E-state index contributed by atoms with van der Waals surface area (Å²) in [6.07, 6.45) is -5.26. The van der Waals surface area contributed by atoms with Crippen LogP contribution in [0.4, 0.5) is 0 Å². The molecule has 0 spiro atoms. The molecule has 1 saturated carbocycles. The van der Waals surface area contributed by atoms with Crippen molar-refractivity contribution in [1.29, 1.82) is 0 Å². The predicted molar refractivity (Wildman–Crippen MR) is 93.0 cm³/mol. The number of aliphatic hydroxyl groups excluding tert-OH is 1. The summed E-state index contributed by atoms with van der Waals surface area (Å²) in [6.45, 7) is 6.04. The van der Waals surface area contributed by atoms with E-state index in [2.05, 4.69) is 0 Å². The minimum absolute atomic E-state index is 0.0302. The molecule has 160 valence electrons. The Bertz CT molecular complexity index is 842. The minimum Gasteiger partial charge on any atom is -0.459 e. The zero-order valence-electron chi connectivity index (χ0n) is 16.7. The molecule has 2 fully saturated rings. The van der Waals surface area contributed by atoms with E-state index in [-0.39, 0.29) is 11.1 Å². The van der Waals surface area contributed by atoms with Crippen molar-refractivity contribution in [2.45, 2.75) is 76.2 Å². The predicted octanol–water partition coefficient (Wildman–Crippen LogP) is -1.07. The molecule has 3 N–H and O–H groups in total. The lowest BCUT2D eigenvalue weighted by Gasteiger charge is -2.39. The highest BCUT2D eigenvalue weighted by molar-refractivity contribution is 6.04. The fourth-order valence-electron chi connectivity index (χ4n) is 4.84. The van der Waals surface area contributed by atoms with E-state index < -0.39 is 71.1 Å². The van der Waals surface area contributed by atoms with Crippen molar-refractivity contribution in [3.63, 3.8) is 0 Å². The van der Waals surface area contributed by atoms with E-state index in [0.29, 0.717) is 0 Å². The van der Waals surface area contributed by atoms with Crippen LogP contribution in [0.15, 0.2) is 11.1 Å². The topological polar surface area (TPSA) is 157 Å². The van der Waals surface area contributed by atoms with Crippen LogP contribution in [0, 0.1) is 5.92 Å². The van der Waals surface area contributed by atoms with Crippen molar-refractivity contribution in [2.75, 3.05) is 0 Å². The maximum atomic E-state index is 12.9.